The number of anilines is 1. The number of aryl methyl sites for hydroxylation is 1. The summed E-state index contributed by atoms with van der Waals surface area (Å²) in [5.74, 6) is -0.243. The fourth-order valence-corrected chi connectivity index (χ4v) is 2.05. The van der Waals surface area contributed by atoms with Crippen LogP contribution in [0.15, 0.2) is 24.3 Å². The molecule has 0 aliphatic carbocycles. The Morgan fingerprint density at radius 3 is 2.76 bits per heavy atom. The molecule has 0 spiro atoms. The normalized spacial score (nSPS) is 10.1. The van der Waals surface area contributed by atoms with E-state index in [-0.39, 0.29) is 11.6 Å². The van der Waals surface area contributed by atoms with Gasteiger partial charge in [-0.05, 0) is 25.5 Å². The minimum atomic E-state index is -0.243. The van der Waals surface area contributed by atoms with E-state index in [1.54, 1.807) is 24.0 Å². The van der Waals surface area contributed by atoms with Crippen LogP contribution in [0.5, 0.6) is 0 Å². The average molecular weight is 283 g/mol. The number of aromatic nitrogens is 2. The van der Waals surface area contributed by atoms with Gasteiger partial charge in [0.05, 0.1) is 23.0 Å². The number of nitrogens with zero attached hydrogens (tertiary/aromatic N) is 3. The SMILES string of the molecule is CCN(Cc1ccccc1C#N)C(=O)c1n[nH]c(C)c1N. The van der Waals surface area contributed by atoms with Crippen LogP contribution in [-0.4, -0.2) is 27.5 Å². The first-order chi connectivity index (χ1) is 10.1. The van der Waals surface area contributed by atoms with E-state index < -0.39 is 0 Å². The molecule has 0 fully saturated rings. The van der Waals surface area contributed by atoms with Gasteiger partial charge in [0, 0.05) is 13.1 Å². The molecule has 1 aromatic carbocycles. The lowest BCUT2D eigenvalue weighted by Crippen LogP contribution is -2.31. The van der Waals surface area contributed by atoms with Crippen molar-refractivity contribution < 1.29 is 4.79 Å². The number of aromatic amines is 1. The molecule has 1 heterocycles. The Balaban J connectivity index is 2.26. The van der Waals surface area contributed by atoms with Gasteiger partial charge in [-0.25, -0.2) is 0 Å². The molecule has 0 radical (unpaired) electrons. The van der Waals surface area contributed by atoms with E-state index in [0.717, 1.165) is 5.56 Å². The highest BCUT2D eigenvalue weighted by Crippen LogP contribution is 2.17. The average Bonchev–Trinajstić information content (AvgIpc) is 2.84. The second kappa shape index (κ2) is 6.09. The van der Waals surface area contributed by atoms with E-state index in [1.165, 1.54) is 0 Å². The number of nitrogens with one attached hydrogen (secondary N) is 1. The lowest BCUT2D eigenvalue weighted by molar-refractivity contribution is 0.0747. The molecular weight excluding hydrogens is 266 g/mol. The zero-order valence-electron chi connectivity index (χ0n) is 12.1. The predicted octanol–water partition coefficient (Wildman–Crippen LogP) is 1.83. The van der Waals surface area contributed by atoms with E-state index in [0.29, 0.717) is 30.0 Å². The Morgan fingerprint density at radius 1 is 1.48 bits per heavy atom. The van der Waals surface area contributed by atoms with E-state index in [2.05, 4.69) is 16.3 Å². The van der Waals surface area contributed by atoms with Crippen LogP contribution in [0, 0.1) is 18.3 Å². The number of nitrogens with two attached hydrogens (primary N) is 1. The fraction of sp³-hybridized carbons (Fsp3) is 0.267. The quantitative estimate of drug-likeness (QED) is 0.894. The third-order valence-corrected chi connectivity index (χ3v) is 3.37. The number of hydrogen-bond donors (Lipinski definition) is 2. The predicted molar refractivity (Wildman–Crippen MR) is 79.3 cm³/mol. The van der Waals surface area contributed by atoms with Crippen molar-refractivity contribution in [2.45, 2.75) is 20.4 Å². The Labute approximate surface area is 123 Å². The molecule has 21 heavy (non-hydrogen) atoms. The summed E-state index contributed by atoms with van der Waals surface area (Å²) in [5, 5.41) is 15.8. The van der Waals surface area contributed by atoms with Crippen LogP contribution in [0.4, 0.5) is 5.69 Å². The minimum Gasteiger partial charge on any atom is -0.395 e. The number of carbonyl (C=O) groups is 1. The van der Waals surface area contributed by atoms with Gasteiger partial charge >= 0.3 is 0 Å². The molecule has 0 aliphatic rings. The first-order valence-electron chi connectivity index (χ1n) is 6.66. The number of carbonyl (C=O) groups excluding carboxylic acids is 1. The monoisotopic (exact) mass is 283 g/mol. The van der Waals surface area contributed by atoms with Crippen molar-refractivity contribution in [3.63, 3.8) is 0 Å². The van der Waals surface area contributed by atoms with Crippen LogP contribution in [0.3, 0.4) is 0 Å². The maximum Gasteiger partial charge on any atom is 0.276 e. The van der Waals surface area contributed by atoms with E-state index in [4.69, 9.17) is 11.0 Å². The molecule has 0 saturated carbocycles. The molecule has 6 heteroatoms. The summed E-state index contributed by atoms with van der Waals surface area (Å²) in [7, 11) is 0. The summed E-state index contributed by atoms with van der Waals surface area (Å²) in [5.41, 5.74) is 8.49. The van der Waals surface area contributed by atoms with Gasteiger partial charge < -0.3 is 10.6 Å². The fourth-order valence-electron chi connectivity index (χ4n) is 2.05. The third-order valence-electron chi connectivity index (χ3n) is 3.37. The van der Waals surface area contributed by atoms with Crippen molar-refractivity contribution in [2.24, 2.45) is 0 Å². The van der Waals surface area contributed by atoms with Gasteiger partial charge in [-0.2, -0.15) is 10.4 Å². The molecule has 0 bridgehead atoms. The number of rotatable bonds is 4. The van der Waals surface area contributed by atoms with Crippen molar-refractivity contribution in [1.29, 1.82) is 5.26 Å². The molecule has 108 valence electrons. The van der Waals surface area contributed by atoms with Crippen LogP contribution in [0.25, 0.3) is 0 Å². The smallest absolute Gasteiger partial charge is 0.276 e. The molecule has 1 amide bonds. The van der Waals surface area contributed by atoms with Gasteiger partial charge in [-0.1, -0.05) is 18.2 Å². The van der Waals surface area contributed by atoms with Crippen LogP contribution < -0.4 is 5.73 Å². The molecular formula is C15H17N5O. The molecule has 0 aliphatic heterocycles. The highest BCUT2D eigenvalue weighted by Gasteiger charge is 2.21. The molecule has 3 N–H and O–H groups in total. The van der Waals surface area contributed by atoms with Gasteiger partial charge in [0.15, 0.2) is 5.69 Å². The van der Waals surface area contributed by atoms with Crippen molar-refractivity contribution in [3.05, 3.63) is 46.8 Å². The largest absolute Gasteiger partial charge is 0.395 e. The highest BCUT2D eigenvalue weighted by molar-refractivity contribution is 5.97. The molecule has 0 atom stereocenters. The topological polar surface area (TPSA) is 98.8 Å². The van der Waals surface area contributed by atoms with Crippen molar-refractivity contribution in [1.82, 2.24) is 15.1 Å². The molecule has 0 saturated heterocycles. The van der Waals surface area contributed by atoms with Gasteiger partial charge in [0.25, 0.3) is 5.91 Å². The number of H-pyrrole nitrogens is 1. The zero-order valence-corrected chi connectivity index (χ0v) is 12.1. The Kier molecular flexibility index (Phi) is 4.24. The summed E-state index contributed by atoms with van der Waals surface area (Å²) in [6.07, 6.45) is 0. The number of amides is 1. The Bertz CT molecular complexity index is 698. The first-order valence-corrected chi connectivity index (χ1v) is 6.66. The zero-order chi connectivity index (χ0) is 15.4. The van der Waals surface area contributed by atoms with Crippen LogP contribution >= 0.6 is 0 Å². The molecule has 1 aromatic heterocycles. The summed E-state index contributed by atoms with van der Waals surface area (Å²) in [4.78, 5) is 14.1. The van der Waals surface area contributed by atoms with Crippen molar-refractivity contribution in [2.75, 3.05) is 12.3 Å². The van der Waals surface area contributed by atoms with Gasteiger partial charge in [-0.15, -0.1) is 0 Å². The molecule has 2 aromatic rings. The standard InChI is InChI=1S/C15H17N5O/c1-3-20(9-12-7-5-4-6-11(12)8-16)15(21)14-13(17)10(2)18-19-14/h4-7H,3,9,17H2,1-2H3,(H,18,19). The summed E-state index contributed by atoms with van der Waals surface area (Å²) in [6, 6.07) is 9.36. The van der Waals surface area contributed by atoms with Crippen molar-refractivity contribution in [3.8, 4) is 6.07 Å². The van der Waals surface area contributed by atoms with Crippen LogP contribution in [0.2, 0.25) is 0 Å². The number of nitrogen functional groups attached to an aromatic ring is 1. The third kappa shape index (κ3) is 2.87. The van der Waals surface area contributed by atoms with E-state index in [1.807, 2.05) is 19.1 Å². The van der Waals surface area contributed by atoms with Gasteiger partial charge in [-0.3, -0.25) is 9.89 Å². The van der Waals surface area contributed by atoms with Gasteiger partial charge in [0.1, 0.15) is 0 Å². The van der Waals surface area contributed by atoms with Gasteiger partial charge in [0.2, 0.25) is 0 Å². The summed E-state index contributed by atoms with van der Waals surface area (Å²) >= 11 is 0. The maximum absolute atomic E-state index is 12.5. The van der Waals surface area contributed by atoms with Crippen LogP contribution in [-0.2, 0) is 6.54 Å². The number of hydrogen-bond acceptors (Lipinski definition) is 4. The number of benzene rings is 1. The molecule has 2 rings (SSSR count). The molecule has 0 unspecified atom stereocenters. The lowest BCUT2D eigenvalue weighted by Gasteiger charge is -2.20. The lowest BCUT2D eigenvalue weighted by atomic mass is 10.1. The second-order valence-electron chi connectivity index (χ2n) is 4.70. The van der Waals surface area contributed by atoms with Crippen molar-refractivity contribution >= 4 is 11.6 Å². The molecule has 6 nitrogen and oxygen atoms in total. The van der Waals surface area contributed by atoms with E-state index >= 15 is 0 Å². The Hall–Kier alpha value is -2.81. The Morgan fingerprint density at radius 2 is 2.19 bits per heavy atom. The highest BCUT2D eigenvalue weighted by atomic mass is 16.2. The minimum absolute atomic E-state index is 0.226. The van der Waals surface area contributed by atoms with Crippen LogP contribution in [0.1, 0.15) is 34.2 Å². The summed E-state index contributed by atoms with van der Waals surface area (Å²) in [6.45, 7) is 4.50. The maximum atomic E-state index is 12.5. The summed E-state index contributed by atoms with van der Waals surface area (Å²) < 4.78 is 0. The first kappa shape index (κ1) is 14.6. The number of nitriles is 1. The second-order valence-corrected chi connectivity index (χ2v) is 4.70. The van der Waals surface area contributed by atoms with E-state index in [9.17, 15) is 4.79 Å².